The summed E-state index contributed by atoms with van der Waals surface area (Å²) in [5, 5.41) is 0. The quantitative estimate of drug-likeness (QED) is 0.908. The Balaban J connectivity index is 2.19. The molecule has 1 aliphatic rings. The zero-order valence-electron chi connectivity index (χ0n) is 11.2. The minimum Gasteiger partial charge on any atom is -0.338 e. The smallest absolute Gasteiger partial charge is 0.338 e. The van der Waals surface area contributed by atoms with Crippen LogP contribution in [0.25, 0.3) is 0 Å². The van der Waals surface area contributed by atoms with Crippen molar-refractivity contribution in [3.63, 3.8) is 0 Å². The number of carbonyl (C=O) groups is 1. The molecule has 0 spiro atoms. The lowest BCUT2D eigenvalue weighted by Gasteiger charge is -2.22. The van der Waals surface area contributed by atoms with Gasteiger partial charge in [-0.1, -0.05) is 13.0 Å². The first-order valence-electron chi connectivity index (χ1n) is 6.42. The third-order valence-electron chi connectivity index (χ3n) is 3.77. The molecule has 110 valence electrons. The lowest BCUT2D eigenvalue weighted by atomic mass is 9.90. The maximum Gasteiger partial charge on any atom is 0.416 e. The highest BCUT2D eigenvalue weighted by atomic mass is 19.4. The van der Waals surface area contributed by atoms with E-state index in [0.29, 0.717) is 19.6 Å². The first-order valence-corrected chi connectivity index (χ1v) is 6.42. The Labute approximate surface area is 115 Å². The maximum absolute atomic E-state index is 12.6. The van der Waals surface area contributed by atoms with Crippen LogP contribution >= 0.6 is 0 Å². The van der Waals surface area contributed by atoms with E-state index in [-0.39, 0.29) is 16.9 Å². The number of nitrogens with zero attached hydrogens (tertiary/aromatic N) is 1. The molecule has 1 unspecified atom stereocenters. The van der Waals surface area contributed by atoms with E-state index in [4.69, 9.17) is 5.73 Å². The summed E-state index contributed by atoms with van der Waals surface area (Å²) in [4.78, 5) is 13.8. The van der Waals surface area contributed by atoms with E-state index in [1.165, 1.54) is 12.1 Å². The van der Waals surface area contributed by atoms with Gasteiger partial charge in [0.1, 0.15) is 0 Å². The van der Waals surface area contributed by atoms with Gasteiger partial charge in [0, 0.05) is 18.7 Å². The molecule has 1 fully saturated rings. The van der Waals surface area contributed by atoms with Gasteiger partial charge in [-0.05, 0) is 36.6 Å². The average molecular weight is 286 g/mol. The molecule has 2 N–H and O–H groups in total. The zero-order valence-corrected chi connectivity index (χ0v) is 11.2. The van der Waals surface area contributed by atoms with E-state index < -0.39 is 11.7 Å². The summed E-state index contributed by atoms with van der Waals surface area (Å²) >= 11 is 0. The summed E-state index contributed by atoms with van der Waals surface area (Å²) < 4.78 is 37.9. The van der Waals surface area contributed by atoms with Crippen LogP contribution in [-0.4, -0.2) is 30.4 Å². The van der Waals surface area contributed by atoms with Crippen LogP contribution in [-0.2, 0) is 6.18 Å². The molecule has 1 atom stereocenters. The molecule has 0 radical (unpaired) electrons. The normalized spacial score (nSPS) is 23.1. The minimum absolute atomic E-state index is 0.0705. The van der Waals surface area contributed by atoms with E-state index in [1.807, 2.05) is 6.92 Å². The summed E-state index contributed by atoms with van der Waals surface area (Å²) in [6.45, 7) is 3.45. The van der Waals surface area contributed by atoms with E-state index in [9.17, 15) is 18.0 Å². The van der Waals surface area contributed by atoms with Crippen LogP contribution in [0.1, 0.15) is 29.3 Å². The second kappa shape index (κ2) is 5.09. The molecule has 6 heteroatoms. The maximum atomic E-state index is 12.6. The number of carbonyl (C=O) groups excluding carboxylic acids is 1. The van der Waals surface area contributed by atoms with Crippen molar-refractivity contribution in [1.82, 2.24) is 4.90 Å². The number of nitrogens with two attached hydrogens (primary N) is 1. The fourth-order valence-electron chi connectivity index (χ4n) is 2.37. The summed E-state index contributed by atoms with van der Waals surface area (Å²) in [6, 6.07) is 4.54. The van der Waals surface area contributed by atoms with Crippen LogP contribution in [0, 0.1) is 5.41 Å². The molecule has 20 heavy (non-hydrogen) atoms. The van der Waals surface area contributed by atoms with Gasteiger partial charge in [0.2, 0.25) is 0 Å². The molecule has 0 aromatic heterocycles. The molecule has 1 aromatic rings. The first kappa shape index (κ1) is 14.8. The molecule has 0 aliphatic carbocycles. The Morgan fingerprint density at radius 1 is 1.45 bits per heavy atom. The Morgan fingerprint density at radius 2 is 2.15 bits per heavy atom. The second-order valence-electron chi connectivity index (χ2n) is 5.57. The standard InChI is InChI=1S/C14H17F3N2O/c1-13(8-18)5-6-19(9-13)12(20)10-3-2-4-11(7-10)14(15,16)17/h2-4,7H,5-6,8-9,18H2,1H3. The second-order valence-corrected chi connectivity index (χ2v) is 5.57. The fraction of sp³-hybridized carbons (Fsp3) is 0.500. The van der Waals surface area contributed by atoms with Crippen molar-refractivity contribution in [2.75, 3.05) is 19.6 Å². The van der Waals surface area contributed by atoms with Crippen LogP contribution in [0.2, 0.25) is 0 Å². The summed E-state index contributed by atoms with van der Waals surface area (Å²) in [5.74, 6) is -0.367. The monoisotopic (exact) mass is 286 g/mol. The Hall–Kier alpha value is -1.56. The van der Waals surface area contributed by atoms with Crippen molar-refractivity contribution in [1.29, 1.82) is 0 Å². The number of hydrogen-bond donors (Lipinski definition) is 1. The van der Waals surface area contributed by atoms with Gasteiger partial charge in [-0.2, -0.15) is 13.2 Å². The molecule has 1 heterocycles. The summed E-state index contributed by atoms with van der Waals surface area (Å²) in [7, 11) is 0. The SMILES string of the molecule is CC1(CN)CCN(C(=O)c2cccc(C(F)(F)F)c2)C1. The van der Waals surface area contributed by atoms with Crippen molar-refractivity contribution in [2.45, 2.75) is 19.5 Å². The van der Waals surface area contributed by atoms with Crippen LogP contribution in [0.4, 0.5) is 13.2 Å². The molecule has 1 aliphatic heterocycles. The van der Waals surface area contributed by atoms with Crippen molar-refractivity contribution in [3.8, 4) is 0 Å². The van der Waals surface area contributed by atoms with Gasteiger partial charge in [0.25, 0.3) is 5.91 Å². The van der Waals surface area contributed by atoms with E-state index in [1.54, 1.807) is 4.90 Å². The molecule has 1 saturated heterocycles. The predicted molar refractivity (Wildman–Crippen MR) is 69.1 cm³/mol. The largest absolute Gasteiger partial charge is 0.416 e. The van der Waals surface area contributed by atoms with Crippen molar-refractivity contribution >= 4 is 5.91 Å². The number of rotatable bonds is 2. The van der Waals surface area contributed by atoms with Crippen molar-refractivity contribution in [3.05, 3.63) is 35.4 Å². The highest BCUT2D eigenvalue weighted by molar-refractivity contribution is 5.94. The minimum atomic E-state index is -4.44. The Kier molecular flexibility index (Phi) is 3.77. The predicted octanol–water partition coefficient (Wildman–Crippen LogP) is 2.52. The van der Waals surface area contributed by atoms with Gasteiger partial charge in [0.15, 0.2) is 0 Å². The Bertz CT molecular complexity index is 515. The number of amides is 1. The van der Waals surface area contributed by atoms with Gasteiger partial charge in [-0.25, -0.2) is 0 Å². The number of benzene rings is 1. The molecule has 0 saturated carbocycles. The topological polar surface area (TPSA) is 46.3 Å². The van der Waals surface area contributed by atoms with Crippen molar-refractivity contribution in [2.24, 2.45) is 11.1 Å². The number of halogens is 3. The lowest BCUT2D eigenvalue weighted by Crippen LogP contribution is -2.34. The first-order chi connectivity index (χ1) is 9.25. The number of hydrogen-bond acceptors (Lipinski definition) is 2. The van der Waals surface area contributed by atoms with Crippen LogP contribution in [0.5, 0.6) is 0 Å². The molecular formula is C14H17F3N2O. The lowest BCUT2D eigenvalue weighted by molar-refractivity contribution is -0.137. The Morgan fingerprint density at radius 3 is 2.70 bits per heavy atom. The van der Waals surface area contributed by atoms with Crippen LogP contribution in [0.3, 0.4) is 0 Å². The van der Waals surface area contributed by atoms with Gasteiger partial charge in [0.05, 0.1) is 5.56 Å². The average Bonchev–Trinajstić information content (AvgIpc) is 2.80. The van der Waals surface area contributed by atoms with Crippen LogP contribution in [0.15, 0.2) is 24.3 Å². The third kappa shape index (κ3) is 2.95. The fourth-order valence-corrected chi connectivity index (χ4v) is 2.37. The van der Waals surface area contributed by atoms with Crippen molar-refractivity contribution < 1.29 is 18.0 Å². The van der Waals surface area contributed by atoms with Gasteiger partial charge in [-0.3, -0.25) is 4.79 Å². The summed E-state index contributed by atoms with van der Waals surface area (Å²) in [6.07, 6.45) is -3.67. The number of likely N-dealkylation sites (tertiary alicyclic amines) is 1. The highest BCUT2D eigenvalue weighted by Crippen LogP contribution is 2.32. The van der Waals surface area contributed by atoms with Crippen LogP contribution < -0.4 is 5.73 Å². The van der Waals surface area contributed by atoms with E-state index >= 15 is 0 Å². The number of alkyl halides is 3. The molecule has 0 bridgehead atoms. The third-order valence-corrected chi connectivity index (χ3v) is 3.77. The summed E-state index contributed by atoms with van der Waals surface area (Å²) in [5.41, 5.74) is 4.79. The molecule has 1 amide bonds. The van der Waals surface area contributed by atoms with E-state index in [2.05, 4.69) is 0 Å². The van der Waals surface area contributed by atoms with Gasteiger partial charge in [-0.15, -0.1) is 0 Å². The highest BCUT2D eigenvalue weighted by Gasteiger charge is 2.36. The van der Waals surface area contributed by atoms with E-state index in [0.717, 1.165) is 18.6 Å². The molecule has 1 aromatic carbocycles. The molecule has 2 rings (SSSR count). The molecular weight excluding hydrogens is 269 g/mol. The van der Waals surface area contributed by atoms with Gasteiger partial charge >= 0.3 is 6.18 Å². The zero-order chi connectivity index (χ0) is 15.0. The van der Waals surface area contributed by atoms with Gasteiger partial charge < -0.3 is 10.6 Å². The molecule has 3 nitrogen and oxygen atoms in total.